The predicted molar refractivity (Wildman–Crippen MR) is 77.6 cm³/mol. The summed E-state index contributed by atoms with van der Waals surface area (Å²) in [6.45, 7) is 6.73. The molecule has 1 unspecified atom stereocenters. The molecule has 1 aliphatic rings. The molecule has 0 aromatic rings. The molecule has 1 rings (SSSR count). The number of carbonyl (C=O) groups excluding carboxylic acids is 1. The maximum atomic E-state index is 11.7. The van der Waals surface area contributed by atoms with Gasteiger partial charge in [-0.3, -0.25) is 9.69 Å². The molecule has 5 nitrogen and oxygen atoms in total. The first-order valence-electron chi connectivity index (χ1n) is 6.09. The van der Waals surface area contributed by atoms with Gasteiger partial charge in [-0.2, -0.15) is 0 Å². The largest absolute Gasteiger partial charge is 0.366 e. The minimum Gasteiger partial charge on any atom is -0.366 e. The monoisotopic (exact) mass is 301 g/mol. The summed E-state index contributed by atoms with van der Waals surface area (Å²) in [5.74, 6) is 0.00942. The second-order valence-electron chi connectivity index (χ2n) is 4.04. The van der Waals surface area contributed by atoms with Gasteiger partial charge in [-0.15, -0.1) is 24.8 Å². The third kappa shape index (κ3) is 7.38. The van der Waals surface area contributed by atoms with Crippen LogP contribution in [0.5, 0.6) is 0 Å². The van der Waals surface area contributed by atoms with Crippen LogP contribution in [0.25, 0.3) is 0 Å². The van der Waals surface area contributed by atoms with Crippen LogP contribution in [-0.2, 0) is 9.53 Å². The highest BCUT2D eigenvalue weighted by Gasteiger charge is 2.25. The molecule has 3 N–H and O–H groups in total. The maximum Gasteiger partial charge on any atom is 0.250 e. The van der Waals surface area contributed by atoms with Gasteiger partial charge in [0, 0.05) is 19.6 Å². The van der Waals surface area contributed by atoms with E-state index >= 15 is 0 Å². The number of hydrogen-bond acceptors (Lipinski definition) is 4. The van der Waals surface area contributed by atoms with E-state index in [2.05, 4.69) is 17.1 Å². The van der Waals surface area contributed by atoms with Gasteiger partial charge in [-0.25, -0.2) is 0 Å². The van der Waals surface area contributed by atoms with Crippen LogP contribution < -0.4 is 11.1 Å². The summed E-state index contributed by atoms with van der Waals surface area (Å²) in [4.78, 5) is 14.0. The predicted octanol–water partition coefficient (Wildman–Crippen LogP) is 0.406. The molecule has 0 radical (unpaired) electrons. The number of nitrogens with two attached hydrogens (primary N) is 1. The number of carbonyl (C=O) groups is 1. The highest BCUT2D eigenvalue weighted by atomic mass is 35.5. The highest BCUT2D eigenvalue weighted by Crippen LogP contribution is 2.04. The van der Waals surface area contributed by atoms with Gasteiger partial charge in [-0.05, 0) is 25.9 Å². The smallest absolute Gasteiger partial charge is 0.250 e. The summed E-state index contributed by atoms with van der Waals surface area (Å²) in [6.07, 6.45) is 1.59. The Morgan fingerprint density at radius 3 is 2.78 bits per heavy atom. The minimum atomic E-state index is -0.299. The van der Waals surface area contributed by atoms with Gasteiger partial charge in [0.25, 0.3) is 0 Å². The number of hydrogen-bond donors (Lipinski definition) is 2. The number of amides is 1. The fourth-order valence-corrected chi connectivity index (χ4v) is 1.74. The van der Waals surface area contributed by atoms with Crippen molar-refractivity contribution in [2.24, 2.45) is 5.73 Å². The average Bonchev–Trinajstić information content (AvgIpc) is 2.34. The number of halogens is 2. The lowest BCUT2D eigenvalue weighted by Gasteiger charge is -2.31. The third-order valence-corrected chi connectivity index (χ3v) is 2.82. The maximum absolute atomic E-state index is 11.7. The van der Waals surface area contributed by atoms with E-state index in [4.69, 9.17) is 10.5 Å². The fourth-order valence-electron chi connectivity index (χ4n) is 1.74. The molecule has 1 atom stereocenters. The van der Waals surface area contributed by atoms with E-state index in [0.29, 0.717) is 26.2 Å². The number of likely N-dealkylation sites (N-methyl/N-ethyl adjacent to an activating group) is 1. The second kappa shape index (κ2) is 12.0. The molecule has 0 aromatic carbocycles. The van der Waals surface area contributed by atoms with Crippen molar-refractivity contribution in [3.8, 4) is 0 Å². The Morgan fingerprint density at radius 2 is 2.17 bits per heavy atom. The van der Waals surface area contributed by atoms with Gasteiger partial charge in [0.05, 0.1) is 6.61 Å². The molecule has 1 saturated heterocycles. The van der Waals surface area contributed by atoms with Crippen molar-refractivity contribution in [1.29, 1.82) is 0 Å². The number of ether oxygens (including phenoxy) is 1. The van der Waals surface area contributed by atoms with E-state index in [0.717, 1.165) is 25.9 Å². The molecule has 1 heterocycles. The zero-order valence-corrected chi connectivity index (χ0v) is 12.5. The van der Waals surface area contributed by atoms with Crippen molar-refractivity contribution in [2.75, 3.05) is 39.3 Å². The van der Waals surface area contributed by atoms with Crippen LogP contribution in [0.15, 0.2) is 0 Å². The van der Waals surface area contributed by atoms with Crippen LogP contribution in [0.1, 0.15) is 19.8 Å². The summed E-state index contributed by atoms with van der Waals surface area (Å²) in [5.41, 5.74) is 5.38. The molecule has 0 bridgehead atoms. The van der Waals surface area contributed by atoms with Gasteiger partial charge in [0.15, 0.2) is 0 Å². The Labute approximate surface area is 122 Å². The summed E-state index contributed by atoms with van der Waals surface area (Å²) < 4.78 is 5.45. The van der Waals surface area contributed by atoms with Crippen molar-refractivity contribution in [3.63, 3.8) is 0 Å². The molecule has 18 heavy (non-hydrogen) atoms. The van der Waals surface area contributed by atoms with Crippen LogP contribution in [-0.4, -0.2) is 56.2 Å². The molecular formula is C11H25Cl2N3O2. The van der Waals surface area contributed by atoms with Crippen LogP contribution in [0.3, 0.4) is 0 Å². The molecule has 0 saturated carbocycles. The third-order valence-electron chi connectivity index (χ3n) is 2.82. The Hall–Kier alpha value is -0.0700. The van der Waals surface area contributed by atoms with Crippen LogP contribution in [0, 0.1) is 0 Å². The number of nitrogens with one attached hydrogen (secondary N) is 1. The van der Waals surface area contributed by atoms with E-state index in [9.17, 15) is 4.79 Å². The van der Waals surface area contributed by atoms with Gasteiger partial charge in [0.1, 0.15) is 6.10 Å². The lowest BCUT2D eigenvalue weighted by atomic mass is 10.2. The molecular weight excluding hydrogens is 277 g/mol. The van der Waals surface area contributed by atoms with Crippen molar-refractivity contribution in [2.45, 2.75) is 25.9 Å². The van der Waals surface area contributed by atoms with Crippen molar-refractivity contribution < 1.29 is 9.53 Å². The summed E-state index contributed by atoms with van der Waals surface area (Å²) in [5, 5.41) is 2.89. The minimum absolute atomic E-state index is 0. The number of rotatable bonds is 6. The SMILES string of the molecule is CCN1CCOC(C(=O)NCCCCN)C1.Cl.Cl. The molecule has 0 aliphatic carbocycles. The Balaban J connectivity index is 0. The normalized spacial score (nSPS) is 19.6. The molecule has 1 fully saturated rings. The Morgan fingerprint density at radius 1 is 1.44 bits per heavy atom. The zero-order chi connectivity index (χ0) is 11.8. The van der Waals surface area contributed by atoms with Gasteiger partial charge in [-0.1, -0.05) is 6.92 Å². The molecule has 1 aliphatic heterocycles. The van der Waals surface area contributed by atoms with E-state index in [-0.39, 0.29) is 36.8 Å². The first-order valence-corrected chi connectivity index (χ1v) is 6.09. The van der Waals surface area contributed by atoms with E-state index in [1.807, 2.05) is 0 Å². The van der Waals surface area contributed by atoms with E-state index in [1.54, 1.807) is 0 Å². The number of unbranched alkanes of at least 4 members (excludes halogenated alkanes) is 1. The van der Waals surface area contributed by atoms with E-state index in [1.165, 1.54) is 0 Å². The van der Waals surface area contributed by atoms with Gasteiger partial charge < -0.3 is 15.8 Å². The summed E-state index contributed by atoms with van der Waals surface area (Å²) in [7, 11) is 0. The average molecular weight is 302 g/mol. The standard InChI is InChI=1S/C11H23N3O2.2ClH/c1-2-14-7-8-16-10(9-14)11(15)13-6-4-3-5-12;;/h10H,2-9,12H2,1H3,(H,13,15);2*1H. The lowest BCUT2D eigenvalue weighted by Crippen LogP contribution is -2.49. The topological polar surface area (TPSA) is 67.6 Å². The Bertz CT molecular complexity index is 220. The fraction of sp³-hybridized carbons (Fsp3) is 0.909. The molecule has 0 aromatic heterocycles. The van der Waals surface area contributed by atoms with Gasteiger partial charge >= 0.3 is 0 Å². The Kier molecular flexibility index (Phi) is 13.5. The number of morpholine rings is 1. The number of nitrogens with zero attached hydrogens (tertiary/aromatic N) is 1. The summed E-state index contributed by atoms with van der Waals surface area (Å²) >= 11 is 0. The van der Waals surface area contributed by atoms with Crippen molar-refractivity contribution >= 4 is 30.7 Å². The zero-order valence-electron chi connectivity index (χ0n) is 10.9. The van der Waals surface area contributed by atoms with Crippen LogP contribution in [0.2, 0.25) is 0 Å². The van der Waals surface area contributed by atoms with Crippen molar-refractivity contribution in [1.82, 2.24) is 10.2 Å². The first-order chi connectivity index (χ1) is 7.77. The summed E-state index contributed by atoms with van der Waals surface area (Å²) in [6, 6.07) is 0. The highest BCUT2D eigenvalue weighted by molar-refractivity contribution is 5.85. The quantitative estimate of drug-likeness (QED) is 0.697. The molecule has 7 heteroatoms. The second-order valence-corrected chi connectivity index (χ2v) is 4.04. The van der Waals surface area contributed by atoms with Crippen molar-refractivity contribution in [3.05, 3.63) is 0 Å². The first kappa shape index (κ1) is 20.3. The van der Waals surface area contributed by atoms with Gasteiger partial charge in [0.2, 0.25) is 5.91 Å². The molecule has 110 valence electrons. The van der Waals surface area contributed by atoms with E-state index < -0.39 is 0 Å². The molecule has 1 amide bonds. The van der Waals surface area contributed by atoms with Crippen LogP contribution in [0.4, 0.5) is 0 Å². The lowest BCUT2D eigenvalue weighted by molar-refractivity contribution is -0.138. The van der Waals surface area contributed by atoms with Crippen LogP contribution >= 0.6 is 24.8 Å². The molecule has 0 spiro atoms.